The highest BCUT2D eigenvalue weighted by atomic mass is 16.2. The molecule has 1 amide bonds. The topological polar surface area (TPSA) is 65.0 Å². The fourth-order valence-corrected chi connectivity index (χ4v) is 3.34. The number of allylic oxidation sites excluding steroid dienone is 5. The summed E-state index contributed by atoms with van der Waals surface area (Å²) in [6.07, 6.45) is 16.0. The van der Waals surface area contributed by atoms with Crippen molar-refractivity contribution in [3.8, 4) is 0 Å². The van der Waals surface area contributed by atoms with Gasteiger partial charge in [-0.2, -0.15) is 0 Å². The minimum absolute atomic E-state index is 0.0262. The van der Waals surface area contributed by atoms with Gasteiger partial charge in [-0.1, -0.05) is 62.5 Å². The van der Waals surface area contributed by atoms with Gasteiger partial charge in [-0.3, -0.25) is 4.79 Å². The van der Waals surface area contributed by atoms with Crippen molar-refractivity contribution < 1.29 is 4.79 Å². The van der Waals surface area contributed by atoms with Gasteiger partial charge >= 0.3 is 0 Å². The average molecular weight is 295 g/mol. The van der Waals surface area contributed by atoms with Gasteiger partial charge in [0.1, 0.15) is 0 Å². The van der Waals surface area contributed by atoms with Gasteiger partial charge in [-0.05, 0) is 0 Å². The Balaban J connectivity index is 0.000000693. The predicted octanol–water partition coefficient (Wildman–Crippen LogP) is 2.24. The summed E-state index contributed by atoms with van der Waals surface area (Å²) in [6.45, 7) is 4.00. The summed E-state index contributed by atoms with van der Waals surface area (Å²) in [5, 5.41) is 14.7. The van der Waals surface area contributed by atoms with Crippen LogP contribution in [0.5, 0.6) is 0 Å². The second kappa shape index (κ2) is 5.79. The molecule has 2 aliphatic heterocycles. The zero-order valence-corrected chi connectivity index (χ0v) is 12.8. The Labute approximate surface area is 130 Å². The number of nitrogens with one attached hydrogen (secondary N) is 3. The highest BCUT2D eigenvalue weighted by Crippen LogP contribution is 2.34. The van der Waals surface area contributed by atoms with Crippen molar-refractivity contribution in [2.45, 2.75) is 25.9 Å². The highest BCUT2D eigenvalue weighted by molar-refractivity contribution is 6.11. The van der Waals surface area contributed by atoms with Crippen molar-refractivity contribution in [1.29, 1.82) is 5.41 Å². The summed E-state index contributed by atoms with van der Waals surface area (Å²) >= 11 is 0. The van der Waals surface area contributed by atoms with Crippen LogP contribution in [0.3, 0.4) is 0 Å². The van der Waals surface area contributed by atoms with E-state index in [1.807, 2.05) is 62.5 Å². The van der Waals surface area contributed by atoms with E-state index in [4.69, 9.17) is 5.41 Å². The molecule has 0 aromatic heterocycles. The molecule has 0 aromatic rings. The Hall–Kier alpha value is -2.36. The summed E-state index contributed by atoms with van der Waals surface area (Å²) in [5.74, 6) is 0.0102. The van der Waals surface area contributed by atoms with Crippen molar-refractivity contribution in [1.82, 2.24) is 10.6 Å². The molecule has 2 aliphatic carbocycles. The third kappa shape index (κ3) is 2.15. The van der Waals surface area contributed by atoms with Crippen molar-refractivity contribution in [3.05, 3.63) is 59.9 Å². The summed E-state index contributed by atoms with van der Waals surface area (Å²) in [6, 6.07) is 0.128. The minimum atomic E-state index is -0.0601. The average Bonchev–Trinajstić information content (AvgIpc) is 3.06. The van der Waals surface area contributed by atoms with Gasteiger partial charge in [0, 0.05) is 11.8 Å². The van der Waals surface area contributed by atoms with Gasteiger partial charge in [-0.15, -0.1) is 0 Å². The molecule has 0 radical (unpaired) electrons. The third-order valence-corrected chi connectivity index (χ3v) is 4.33. The molecular formula is C18H21N3O. The van der Waals surface area contributed by atoms with E-state index in [-0.39, 0.29) is 29.8 Å². The lowest BCUT2D eigenvalue weighted by molar-refractivity contribution is -0.116. The van der Waals surface area contributed by atoms with E-state index in [2.05, 4.69) is 10.6 Å². The van der Waals surface area contributed by atoms with Crippen LogP contribution in [0.4, 0.5) is 0 Å². The smallest absolute Gasteiger partial charge is 0.250 e. The number of amides is 1. The van der Waals surface area contributed by atoms with Crippen LogP contribution in [0.2, 0.25) is 0 Å². The number of carbonyl (C=O) groups excluding carboxylic acids is 1. The molecule has 4 rings (SSSR count). The van der Waals surface area contributed by atoms with E-state index in [1.165, 1.54) is 0 Å². The quantitative estimate of drug-likeness (QED) is 0.600. The van der Waals surface area contributed by atoms with Gasteiger partial charge in [0.05, 0.1) is 29.1 Å². The van der Waals surface area contributed by atoms with Crippen LogP contribution >= 0.6 is 0 Å². The molecule has 4 atom stereocenters. The fraction of sp³-hybridized carbons (Fsp3) is 0.333. The highest BCUT2D eigenvalue weighted by Gasteiger charge is 2.42. The SMILES string of the molecule is CC.N=C1/C(=C2/C(=O)NC3C=CC=CC23)NC2C=CC=CC12. The standard InChI is InChI=1S/C16H15N3O.C2H6/c17-14-10-6-2-4-8-12(10)18-15(14)13-9-5-1-3-7-11(9)19-16(13)20;1-2/h1-12,17-18H,(H,19,20);1-2H3/b15-13-,17-14?;. The maximum absolute atomic E-state index is 12.3. The normalized spacial score (nSPS) is 37.2. The lowest BCUT2D eigenvalue weighted by Crippen LogP contribution is -2.26. The van der Waals surface area contributed by atoms with E-state index < -0.39 is 0 Å². The molecule has 3 N–H and O–H groups in total. The largest absolute Gasteiger partial charge is 0.376 e. The second-order valence-electron chi connectivity index (χ2n) is 5.46. The van der Waals surface area contributed by atoms with Gasteiger partial charge < -0.3 is 16.0 Å². The Bertz CT molecular complexity index is 651. The maximum Gasteiger partial charge on any atom is 0.250 e. The summed E-state index contributed by atoms with van der Waals surface area (Å²) in [7, 11) is 0. The lowest BCUT2D eigenvalue weighted by Gasteiger charge is -2.16. The first-order valence-electron chi connectivity index (χ1n) is 7.86. The first-order valence-corrected chi connectivity index (χ1v) is 7.86. The van der Waals surface area contributed by atoms with Crippen LogP contribution in [0, 0.1) is 17.2 Å². The molecule has 2 heterocycles. The minimum Gasteiger partial charge on any atom is -0.376 e. The second-order valence-corrected chi connectivity index (χ2v) is 5.46. The molecule has 114 valence electrons. The van der Waals surface area contributed by atoms with Crippen LogP contribution in [0.25, 0.3) is 0 Å². The lowest BCUT2D eigenvalue weighted by atomic mass is 9.88. The van der Waals surface area contributed by atoms with Crippen molar-refractivity contribution >= 4 is 11.6 Å². The molecule has 22 heavy (non-hydrogen) atoms. The van der Waals surface area contributed by atoms with Gasteiger partial charge in [0.2, 0.25) is 0 Å². The molecule has 4 aliphatic rings. The number of rotatable bonds is 0. The van der Waals surface area contributed by atoms with Gasteiger partial charge in [-0.25, -0.2) is 0 Å². The molecule has 0 spiro atoms. The Morgan fingerprint density at radius 1 is 0.864 bits per heavy atom. The van der Waals surface area contributed by atoms with E-state index in [9.17, 15) is 4.79 Å². The molecule has 4 heteroatoms. The van der Waals surface area contributed by atoms with Crippen molar-refractivity contribution in [2.24, 2.45) is 11.8 Å². The third-order valence-electron chi connectivity index (χ3n) is 4.33. The summed E-state index contributed by atoms with van der Waals surface area (Å²) in [4.78, 5) is 12.3. The summed E-state index contributed by atoms with van der Waals surface area (Å²) < 4.78 is 0. The van der Waals surface area contributed by atoms with Crippen molar-refractivity contribution in [2.75, 3.05) is 0 Å². The molecule has 0 bridgehead atoms. The molecule has 2 fully saturated rings. The van der Waals surface area contributed by atoms with Gasteiger partial charge in [0.15, 0.2) is 0 Å². The molecule has 2 saturated heterocycles. The van der Waals surface area contributed by atoms with Crippen LogP contribution in [0.15, 0.2) is 59.9 Å². The molecular weight excluding hydrogens is 274 g/mol. The van der Waals surface area contributed by atoms with Crippen LogP contribution in [-0.4, -0.2) is 23.7 Å². The maximum atomic E-state index is 12.3. The summed E-state index contributed by atoms with van der Waals surface area (Å²) in [5.41, 5.74) is 1.93. The predicted molar refractivity (Wildman–Crippen MR) is 88.5 cm³/mol. The number of hydrogen-bond acceptors (Lipinski definition) is 3. The zero-order valence-electron chi connectivity index (χ0n) is 12.8. The van der Waals surface area contributed by atoms with E-state index in [0.717, 1.165) is 0 Å². The molecule has 4 nitrogen and oxygen atoms in total. The number of carbonyl (C=O) groups is 1. The molecule has 0 aromatic carbocycles. The zero-order chi connectivity index (χ0) is 15.7. The van der Waals surface area contributed by atoms with Crippen LogP contribution in [-0.2, 0) is 4.79 Å². The Morgan fingerprint density at radius 2 is 1.41 bits per heavy atom. The number of fused-ring (bicyclic) bond motifs is 2. The van der Waals surface area contributed by atoms with E-state index in [0.29, 0.717) is 17.0 Å². The first kappa shape index (κ1) is 14.6. The monoisotopic (exact) mass is 295 g/mol. The van der Waals surface area contributed by atoms with Gasteiger partial charge in [0.25, 0.3) is 5.91 Å². The molecule has 4 unspecified atom stereocenters. The number of hydrogen-bond donors (Lipinski definition) is 3. The Kier molecular flexibility index (Phi) is 3.84. The van der Waals surface area contributed by atoms with Crippen LogP contribution < -0.4 is 10.6 Å². The fourth-order valence-electron chi connectivity index (χ4n) is 3.34. The van der Waals surface area contributed by atoms with Crippen molar-refractivity contribution in [3.63, 3.8) is 0 Å². The Morgan fingerprint density at radius 3 is 2.05 bits per heavy atom. The van der Waals surface area contributed by atoms with Crippen LogP contribution in [0.1, 0.15) is 13.8 Å². The molecule has 0 saturated carbocycles. The van der Waals surface area contributed by atoms with E-state index in [1.54, 1.807) is 0 Å². The van der Waals surface area contributed by atoms with E-state index >= 15 is 0 Å². The first-order chi connectivity index (χ1) is 10.8.